The number of aliphatic hydroxyl groups is 1. The molecule has 6 atom stereocenters. The van der Waals surface area contributed by atoms with Crippen LogP contribution < -0.4 is 0 Å². The summed E-state index contributed by atoms with van der Waals surface area (Å²) < 4.78 is 76.7. The molecule has 9 heteroatoms. The van der Waals surface area contributed by atoms with Crippen LogP contribution in [0.4, 0.5) is 22.0 Å². The number of halogens is 5. The van der Waals surface area contributed by atoms with E-state index in [2.05, 4.69) is 0 Å². The molecule has 0 aliphatic heterocycles. The van der Waals surface area contributed by atoms with Crippen molar-refractivity contribution in [1.29, 1.82) is 5.26 Å². The van der Waals surface area contributed by atoms with Gasteiger partial charge in [-0.25, -0.2) is 0 Å². The first-order chi connectivity index (χ1) is 18.2. The number of benzene rings is 1. The van der Waals surface area contributed by atoms with Gasteiger partial charge in [0.25, 0.3) is 0 Å². The Labute approximate surface area is 224 Å². The van der Waals surface area contributed by atoms with E-state index in [0.717, 1.165) is 27.8 Å². The number of nitriles is 1. The number of fused-ring (bicyclic) bond motifs is 4. The Morgan fingerprint density at radius 3 is 2.46 bits per heavy atom. The van der Waals surface area contributed by atoms with Crippen molar-refractivity contribution in [3.8, 4) is 6.07 Å². The van der Waals surface area contributed by atoms with Gasteiger partial charge in [-0.3, -0.25) is 4.79 Å². The Balaban J connectivity index is 1.63. The van der Waals surface area contributed by atoms with Gasteiger partial charge in [-0.15, -0.1) is 0 Å². The van der Waals surface area contributed by atoms with Crippen molar-refractivity contribution < 1.29 is 36.6 Å². The van der Waals surface area contributed by atoms with E-state index in [9.17, 15) is 23.1 Å². The van der Waals surface area contributed by atoms with Crippen LogP contribution in [0.5, 0.6) is 0 Å². The van der Waals surface area contributed by atoms with Gasteiger partial charge in [-0.05, 0) is 85.6 Å². The number of carbonyl (C=O) groups excluding carboxylic acids is 1. The number of carbonyl (C=O) groups is 1. The van der Waals surface area contributed by atoms with Crippen LogP contribution in [0.2, 0.25) is 0 Å². The zero-order chi connectivity index (χ0) is 28.4. The summed E-state index contributed by atoms with van der Waals surface area (Å²) in [7, 11) is 0. The van der Waals surface area contributed by atoms with Crippen LogP contribution in [0.3, 0.4) is 0 Å². The first-order valence-corrected chi connectivity index (χ1v) is 13.5. The highest BCUT2D eigenvalue weighted by molar-refractivity contribution is 5.93. The summed E-state index contributed by atoms with van der Waals surface area (Å²) in [6, 6.07) is 9.24. The Morgan fingerprint density at radius 1 is 1.13 bits per heavy atom. The van der Waals surface area contributed by atoms with E-state index in [4.69, 9.17) is 10.00 Å². The van der Waals surface area contributed by atoms with Gasteiger partial charge >= 0.3 is 12.1 Å². The molecule has 4 nitrogen and oxygen atoms in total. The van der Waals surface area contributed by atoms with Crippen LogP contribution in [0.25, 0.3) is 0 Å². The molecular weight excluding hydrogens is 517 g/mol. The first-order valence-electron chi connectivity index (χ1n) is 13.5. The number of hydrogen-bond donors (Lipinski definition) is 1. The van der Waals surface area contributed by atoms with Crippen LogP contribution >= 0.6 is 0 Å². The van der Waals surface area contributed by atoms with Gasteiger partial charge < -0.3 is 9.84 Å². The number of alkyl halides is 5. The average Bonchev–Trinajstić information content (AvgIpc) is 3.17. The zero-order valence-electron chi connectivity index (χ0n) is 22.0. The van der Waals surface area contributed by atoms with Crippen LogP contribution in [0.1, 0.15) is 81.9 Å². The highest BCUT2D eigenvalue weighted by Gasteiger charge is 2.79. The molecule has 0 bridgehead atoms. The molecule has 2 fully saturated rings. The summed E-state index contributed by atoms with van der Waals surface area (Å²) in [4.78, 5) is 12.2. The van der Waals surface area contributed by atoms with Crippen molar-refractivity contribution in [3.63, 3.8) is 0 Å². The van der Waals surface area contributed by atoms with E-state index in [0.29, 0.717) is 25.7 Å². The third-order valence-corrected chi connectivity index (χ3v) is 9.97. The first kappa shape index (κ1) is 28.0. The highest BCUT2D eigenvalue weighted by atomic mass is 19.4. The van der Waals surface area contributed by atoms with Crippen molar-refractivity contribution >= 4 is 5.78 Å². The molecule has 1 aromatic carbocycles. The number of allylic oxidation sites excluding steroid dienone is 4. The van der Waals surface area contributed by atoms with Crippen LogP contribution in [0, 0.1) is 28.6 Å². The van der Waals surface area contributed by atoms with Gasteiger partial charge in [0, 0.05) is 17.8 Å². The molecule has 4 aliphatic carbocycles. The lowest BCUT2D eigenvalue weighted by Crippen LogP contribution is -2.65. The number of ether oxygens (including phenoxy) is 1. The second-order valence-electron chi connectivity index (χ2n) is 11.7. The van der Waals surface area contributed by atoms with Gasteiger partial charge in [-0.2, -0.15) is 27.2 Å². The van der Waals surface area contributed by atoms with Gasteiger partial charge in [0.1, 0.15) is 12.2 Å². The molecular formula is C30H32F5NO3. The molecule has 5 rings (SSSR count). The van der Waals surface area contributed by atoms with Gasteiger partial charge in [0.05, 0.1) is 12.2 Å². The fourth-order valence-electron chi connectivity index (χ4n) is 7.97. The van der Waals surface area contributed by atoms with Crippen molar-refractivity contribution in [2.45, 2.75) is 88.5 Å². The number of ketones is 1. The van der Waals surface area contributed by atoms with Crippen molar-refractivity contribution in [2.75, 3.05) is 6.61 Å². The molecule has 0 heterocycles. The van der Waals surface area contributed by atoms with E-state index < -0.39 is 41.4 Å². The number of hydrogen-bond acceptors (Lipinski definition) is 4. The smallest absolute Gasteiger partial charge is 0.383 e. The Kier molecular flexibility index (Phi) is 6.83. The molecule has 0 radical (unpaired) electrons. The summed E-state index contributed by atoms with van der Waals surface area (Å²) in [6.45, 7) is 3.14. The van der Waals surface area contributed by atoms with Crippen molar-refractivity contribution in [3.05, 3.63) is 58.2 Å². The summed E-state index contributed by atoms with van der Waals surface area (Å²) >= 11 is 0. The molecule has 2 saturated carbocycles. The number of rotatable bonds is 5. The molecule has 39 heavy (non-hydrogen) atoms. The molecule has 1 unspecified atom stereocenters. The second kappa shape index (κ2) is 9.52. The van der Waals surface area contributed by atoms with Crippen molar-refractivity contribution in [1.82, 2.24) is 0 Å². The van der Waals surface area contributed by atoms with Gasteiger partial charge in [0.15, 0.2) is 5.78 Å². The fourth-order valence-corrected chi connectivity index (χ4v) is 7.97. The summed E-state index contributed by atoms with van der Waals surface area (Å²) in [5.74, 6) is -6.49. The molecule has 1 aromatic rings. The quantitative estimate of drug-likeness (QED) is 0.397. The molecule has 4 aliphatic rings. The highest BCUT2D eigenvalue weighted by Crippen LogP contribution is 2.70. The fraction of sp³-hybridized carbons (Fsp3) is 0.600. The predicted molar refractivity (Wildman–Crippen MR) is 133 cm³/mol. The third kappa shape index (κ3) is 4.17. The maximum Gasteiger partial charge on any atom is 0.456 e. The van der Waals surface area contributed by atoms with E-state index in [1.165, 1.54) is 6.92 Å². The second-order valence-corrected chi connectivity index (χ2v) is 11.7. The summed E-state index contributed by atoms with van der Waals surface area (Å²) in [5, 5.41) is 20.1. The van der Waals surface area contributed by atoms with Crippen LogP contribution in [0.15, 0.2) is 47.1 Å². The lowest BCUT2D eigenvalue weighted by molar-refractivity contribution is -0.362. The van der Waals surface area contributed by atoms with Crippen molar-refractivity contribution in [2.24, 2.45) is 17.3 Å². The Morgan fingerprint density at radius 2 is 1.82 bits per heavy atom. The monoisotopic (exact) mass is 549 g/mol. The predicted octanol–water partition coefficient (Wildman–Crippen LogP) is 7.12. The molecule has 1 N–H and O–H groups in total. The Bertz CT molecular complexity index is 1260. The summed E-state index contributed by atoms with van der Waals surface area (Å²) in [6.07, 6.45) is -3.21. The van der Waals surface area contributed by atoms with E-state index in [-0.39, 0.29) is 37.3 Å². The molecule has 0 spiro atoms. The zero-order valence-corrected chi connectivity index (χ0v) is 22.0. The topological polar surface area (TPSA) is 70.3 Å². The van der Waals surface area contributed by atoms with E-state index in [1.807, 2.05) is 30.3 Å². The normalized spacial score (nSPS) is 33.6. The minimum absolute atomic E-state index is 0.0424. The van der Waals surface area contributed by atoms with E-state index >= 15 is 8.78 Å². The largest absolute Gasteiger partial charge is 0.456 e. The maximum atomic E-state index is 15.1. The van der Waals surface area contributed by atoms with Crippen LogP contribution in [-0.4, -0.2) is 35.2 Å². The third-order valence-electron chi connectivity index (χ3n) is 9.97. The van der Waals surface area contributed by atoms with E-state index in [1.54, 1.807) is 13.0 Å². The molecule has 0 saturated heterocycles. The minimum atomic E-state index is -5.87. The summed E-state index contributed by atoms with van der Waals surface area (Å²) in [5.41, 5.74) is -0.337. The molecule has 0 amide bonds. The SMILES string of the molecule is CC(OCC#N)c1ccc([C@H]2C[C@@]3(C)[C@@H](CC[C@@]3(O)C(F)(F)C(F)(F)F)[C@@H]3CCC4=CC(=O)CCC4=C32)cc1. The van der Waals surface area contributed by atoms with Gasteiger partial charge in [0.2, 0.25) is 0 Å². The van der Waals surface area contributed by atoms with Crippen LogP contribution in [-0.2, 0) is 9.53 Å². The average molecular weight is 550 g/mol. The number of nitrogens with zero attached hydrogens (tertiary/aromatic N) is 1. The minimum Gasteiger partial charge on any atom is -0.383 e. The molecule has 0 aromatic heterocycles. The molecule has 210 valence electrons. The maximum absolute atomic E-state index is 15.1. The lowest BCUT2D eigenvalue weighted by atomic mass is 9.50. The lowest BCUT2D eigenvalue weighted by Gasteiger charge is -2.56. The standard InChI is InChI=1S/C30H32F5NO3/c1-17(39-14-13-36)18-3-5-19(6-4-18)24-16-27(2)25(11-12-28(27,38)29(31,32)30(33,34)35)23-9-7-20-15-21(37)8-10-22(20)26(23)24/h3-6,15,17,23-25,38H,7-12,14,16H2,1-2H3/t17?,23-,24+,25-,27-,28-/m0/s1. The Hall–Kier alpha value is -2.57. The van der Waals surface area contributed by atoms with Gasteiger partial charge in [-0.1, -0.05) is 36.8 Å².